The Morgan fingerprint density at radius 1 is 0.889 bits per heavy atom. The van der Waals surface area contributed by atoms with Gasteiger partial charge >= 0.3 is 0 Å². The van der Waals surface area contributed by atoms with Crippen LogP contribution in [0.3, 0.4) is 0 Å². The summed E-state index contributed by atoms with van der Waals surface area (Å²) in [6, 6.07) is 19.8. The fourth-order valence-corrected chi connectivity index (χ4v) is 2.19. The number of phenolic OH excluding ortho intramolecular Hbond substituents is 1. The Labute approximate surface area is 106 Å². The van der Waals surface area contributed by atoms with Gasteiger partial charge in [0.2, 0.25) is 5.52 Å². The van der Waals surface area contributed by atoms with Gasteiger partial charge in [0.25, 0.3) is 0 Å². The van der Waals surface area contributed by atoms with Crippen molar-refractivity contribution in [1.82, 2.24) is 0 Å². The number of fused-ring (bicyclic) bond motifs is 1. The first-order valence-electron chi connectivity index (χ1n) is 5.98. The van der Waals surface area contributed by atoms with Gasteiger partial charge in [-0.1, -0.05) is 30.3 Å². The summed E-state index contributed by atoms with van der Waals surface area (Å²) in [7, 11) is 0. The molecule has 3 aromatic rings. The number of benzene rings is 2. The fourth-order valence-electron chi connectivity index (χ4n) is 2.19. The third-order valence-electron chi connectivity index (χ3n) is 3.06. The SMILES string of the molecule is Oc1ccc2c(ccc[n+]2Cc2ccccc2)c1. The summed E-state index contributed by atoms with van der Waals surface area (Å²) in [6.45, 7) is 0.836. The summed E-state index contributed by atoms with van der Waals surface area (Å²) in [4.78, 5) is 0. The lowest BCUT2D eigenvalue weighted by Gasteiger charge is -2.02. The molecule has 2 nitrogen and oxygen atoms in total. The van der Waals surface area contributed by atoms with Crippen molar-refractivity contribution in [2.45, 2.75) is 6.54 Å². The van der Waals surface area contributed by atoms with E-state index >= 15 is 0 Å². The smallest absolute Gasteiger partial charge is 0.213 e. The van der Waals surface area contributed by atoms with Crippen LogP contribution in [0, 0.1) is 0 Å². The van der Waals surface area contributed by atoms with Crippen molar-refractivity contribution in [2.75, 3.05) is 0 Å². The first-order chi connectivity index (χ1) is 8.83. The molecule has 0 aliphatic heterocycles. The third kappa shape index (κ3) is 2.05. The van der Waals surface area contributed by atoms with E-state index in [-0.39, 0.29) is 0 Å². The molecule has 1 heterocycles. The van der Waals surface area contributed by atoms with Gasteiger partial charge < -0.3 is 5.11 Å². The normalized spacial score (nSPS) is 10.7. The number of phenols is 1. The zero-order chi connectivity index (χ0) is 12.4. The van der Waals surface area contributed by atoms with E-state index in [4.69, 9.17) is 0 Å². The van der Waals surface area contributed by atoms with Crippen molar-refractivity contribution in [3.63, 3.8) is 0 Å². The van der Waals surface area contributed by atoms with Crippen molar-refractivity contribution in [1.29, 1.82) is 0 Å². The van der Waals surface area contributed by atoms with Crippen LogP contribution in [0.4, 0.5) is 0 Å². The van der Waals surface area contributed by atoms with Crippen LogP contribution in [-0.4, -0.2) is 5.11 Å². The molecule has 0 saturated carbocycles. The Bertz CT molecular complexity index is 677. The molecule has 18 heavy (non-hydrogen) atoms. The molecule has 0 fully saturated rings. The van der Waals surface area contributed by atoms with E-state index in [1.807, 2.05) is 36.4 Å². The Kier molecular flexibility index (Phi) is 2.69. The molecule has 0 saturated heterocycles. The van der Waals surface area contributed by atoms with Crippen LogP contribution < -0.4 is 4.57 Å². The monoisotopic (exact) mass is 236 g/mol. The van der Waals surface area contributed by atoms with Crippen LogP contribution in [0.15, 0.2) is 66.9 Å². The standard InChI is InChI=1S/C16H13NO/c18-15-8-9-16-14(11-15)7-4-10-17(16)12-13-5-2-1-3-6-13/h1-11H,12H2/p+1. The highest BCUT2D eigenvalue weighted by Gasteiger charge is 2.09. The second-order valence-corrected chi connectivity index (χ2v) is 4.36. The van der Waals surface area contributed by atoms with Crippen molar-refractivity contribution in [3.05, 3.63) is 72.4 Å². The van der Waals surface area contributed by atoms with E-state index in [1.165, 1.54) is 5.56 Å². The second kappa shape index (κ2) is 4.49. The Morgan fingerprint density at radius 3 is 2.56 bits per heavy atom. The third-order valence-corrected chi connectivity index (χ3v) is 3.06. The van der Waals surface area contributed by atoms with Crippen molar-refractivity contribution >= 4 is 10.9 Å². The number of hydrogen-bond donors (Lipinski definition) is 1. The van der Waals surface area contributed by atoms with Crippen molar-refractivity contribution in [2.24, 2.45) is 0 Å². The molecule has 2 heteroatoms. The summed E-state index contributed by atoms with van der Waals surface area (Å²) in [5.74, 6) is 0.306. The Morgan fingerprint density at radius 2 is 1.72 bits per heavy atom. The van der Waals surface area contributed by atoms with Crippen LogP contribution in [0.1, 0.15) is 5.56 Å². The summed E-state index contributed by atoms with van der Waals surface area (Å²) in [6.07, 6.45) is 2.06. The predicted octanol–water partition coefficient (Wildman–Crippen LogP) is 2.88. The molecular formula is C16H14NO+. The number of rotatable bonds is 2. The quantitative estimate of drug-likeness (QED) is 0.680. The lowest BCUT2D eigenvalue weighted by Crippen LogP contribution is -2.34. The fraction of sp³-hybridized carbons (Fsp3) is 0.0625. The van der Waals surface area contributed by atoms with Gasteiger partial charge in [-0.15, -0.1) is 0 Å². The first kappa shape index (κ1) is 10.8. The molecule has 0 amide bonds. The largest absolute Gasteiger partial charge is 0.508 e. The molecule has 0 spiro atoms. The number of pyridine rings is 1. The van der Waals surface area contributed by atoms with Crippen LogP contribution >= 0.6 is 0 Å². The predicted molar refractivity (Wildman–Crippen MR) is 71.4 cm³/mol. The van der Waals surface area contributed by atoms with Gasteiger partial charge in [-0.25, -0.2) is 0 Å². The van der Waals surface area contributed by atoms with Gasteiger partial charge in [0.1, 0.15) is 5.75 Å². The van der Waals surface area contributed by atoms with Gasteiger partial charge in [-0.05, 0) is 18.2 Å². The Hall–Kier alpha value is -2.35. The van der Waals surface area contributed by atoms with Gasteiger partial charge in [0, 0.05) is 17.7 Å². The van der Waals surface area contributed by atoms with Crippen LogP contribution in [-0.2, 0) is 6.54 Å². The van der Waals surface area contributed by atoms with Gasteiger partial charge in [0.15, 0.2) is 12.7 Å². The molecule has 0 radical (unpaired) electrons. The highest BCUT2D eigenvalue weighted by molar-refractivity contribution is 5.76. The molecule has 0 aliphatic carbocycles. The van der Waals surface area contributed by atoms with E-state index < -0.39 is 0 Å². The second-order valence-electron chi connectivity index (χ2n) is 4.36. The lowest BCUT2D eigenvalue weighted by atomic mass is 10.2. The van der Waals surface area contributed by atoms with Crippen molar-refractivity contribution < 1.29 is 9.67 Å². The minimum absolute atomic E-state index is 0.306. The topological polar surface area (TPSA) is 24.1 Å². The number of hydrogen-bond acceptors (Lipinski definition) is 1. The molecule has 1 aromatic heterocycles. The molecule has 3 rings (SSSR count). The molecule has 1 N–H and O–H groups in total. The number of aromatic nitrogens is 1. The summed E-state index contributed by atoms with van der Waals surface area (Å²) in [5.41, 5.74) is 2.39. The van der Waals surface area contributed by atoms with Crippen molar-refractivity contribution in [3.8, 4) is 5.75 Å². The average molecular weight is 236 g/mol. The first-order valence-corrected chi connectivity index (χ1v) is 5.98. The summed E-state index contributed by atoms with van der Waals surface area (Å²) in [5, 5.41) is 10.6. The zero-order valence-corrected chi connectivity index (χ0v) is 9.95. The summed E-state index contributed by atoms with van der Waals surface area (Å²) >= 11 is 0. The average Bonchev–Trinajstić information content (AvgIpc) is 2.40. The zero-order valence-electron chi connectivity index (χ0n) is 9.95. The highest BCUT2D eigenvalue weighted by atomic mass is 16.3. The van der Waals surface area contributed by atoms with E-state index in [0.717, 1.165) is 17.4 Å². The molecule has 2 aromatic carbocycles. The summed E-state index contributed by atoms with van der Waals surface area (Å²) < 4.78 is 2.18. The van der Waals surface area contributed by atoms with E-state index in [2.05, 4.69) is 22.9 Å². The minimum Gasteiger partial charge on any atom is -0.508 e. The minimum atomic E-state index is 0.306. The number of nitrogens with zero attached hydrogens (tertiary/aromatic N) is 1. The van der Waals surface area contributed by atoms with Gasteiger partial charge in [0.05, 0.1) is 5.39 Å². The Balaban J connectivity index is 2.07. The molecular weight excluding hydrogens is 222 g/mol. The molecule has 0 atom stereocenters. The molecule has 0 bridgehead atoms. The van der Waals surface area contributed by atoms with E-state index in [1.54, 1.807) is 12.1 Å². The van der Waals surface area contributed by atoms with Crippen LogP contribution in [0.25, 0.3) is 10.9 Å². The van der Waals surface area contributed by atoms with E-state index in [9.17, 15) is 5.11 Å². The highest BCUT2D eigenvalue weighted by Crippen LogP contribution is 2.16. The maximum atomic E-state index is 9.50. The molecule has 0 aliphatic rings. The molecule has 0 unspecified atom stereocenters. The van der Waals surface area contributed by atoms with E-state index in [0.29, 0.717) is 5.75 Å². The van der Waals surface area contributed by atoms with Crippen LogP contribution in [0.2, 0.25) is 0 Å². The van der Waals surface area contributed by atoms with Crippen LogP contribution in [0.5, 0.6) is 5.75 Å². The van der Waals surface area contributed by atoms with Gasteiger partial charge in [-0.3, -0.25) is 0 Å². The van der Waals surface area contributed by atoms with Gasteiger partial charge in [-0.2, -0.15) is 4.57 Å². The number of aromatic hydroxyl groups is 1. The molecule has 88 valence electrons. The maximum Gasteiger partial charge on any atom is 0.213 e. The lowest BCUT2D eigenvalue weighted by molar-refractivity contribution is -0.662. The maximum absolute atomic E-state index is 9.50.